The molecule has 6 heteroatoms. The zero-order valence-electron chi connectivity index (χ0n) is 15.8. The van der Waals surface area contributed by atoms with Gasteiger partial charge in [0.2, 0.25) is 5.95 Å². The maximum Gasteiger partial charge on any atom is 0.229 e. The molecule has 6 nitrogen and oxygen atoms in total. The van der Waals surface area contributed by atoms with Crippen LogP contribution < -0.4 is 16.0 Å². The van der Waals surface area contributed by atoms with Crippen LogP contribution in [-0.2, 0) is 4.79 Å². The summed E-state index contributed by atoms with van der Waals surface area (Å²) in [5.41, 5.74) is 9.78. The fraction of sp³-hybridized carbons (Fsp3) is 0.381. The minimum atomic E-state index is -0.254. The van der Waals surface area contributed by atoms with Crippen LogP contribution in [-0.4, -0.2) is 28.8 Å². The van der Waals surface area contributed by atoms with E-state index in [1.807, 2.05) is 37.3 Å². The molecule has 1 aromatic heterocycles. The van der Waals surface area contributed by atoms with Crippen molar-refractivity contribution in [3.05, 3.63) is 52.7 Å². The molecule has 3 heterocycles. The maximum absolute atomic E-state index is 12.4. The van der Waals surface area contributed by atoms with Crippen molar-refractivity contribution in [2.75, 3.05) is 29.0 Å². The van der Waals surface area contributed by atoms with Crippen LogP contribution in [0.15, 0.2) is 41.6 Å². The molecule has 140 valence electrons. The smallest absolute Gasteiger partial charge is 0.229 e. The summed E-state index contributed by atoms with van der Waals surface area (Å²) >= 11 is 0. The molecule has 1 fully saturated rings. The predicted molar refractivity (Wildman–Crippen MR) is 108 cm³/mol. The van der Waals surface area contributed by atoms with Gasteiger partial charge in [-0.2, -0.15) is 9.97 Å². The van der Waals surface area contributed by atoms with Crippen LogP contribution in [0.2, 0.25) is 0 Å². The van der Waals surface area contributed by atoms with Gasteiger partial charge in [0.1, 0.15) is 11.6 Å². The second-order valence-electron chi connectivity index (χ2n) is 7.28. The number of Topliss-reactive ketones (excluding diaryl/α,β-unsaturated/α-hetero) is 1. The number of fused-ring (bicyclic) bond motifs is 1. The quantitative estimate of drug-likeness (QED) is 0.869. The summed E-state index contributed by atoms with van der Waals surface area (Å²) < 4.78 is 0. The number of anilines is 3. The Balaban J connectivity index is 1.86. The molecule has 1 saturated heterocycles. The van der Waals surface area contributed by atoms with Gasteiger partial charge in [-0.1, -0.05) is 30.3 Å². The second-order valence-corrected chi connectivity index (χ2v) is 7.28. The first-order chi connectivity index (χ1) is 13.1. The Hall–Kier alpha value is -2.89. The van der Waals surface area contributed by atoms with Crippen LogP contribution >= 0.6 is 0 Å². The molecule has 0 saturated carbocycles. The number of benzene rings is 1. The lowest BCUT2D eigenvalue weighted by Crippen LogP contribution is -2.32. The van der Waals surface area contributed by atoms with Gasteiger partial charge in [0.15, 0.2) is 5.78 Å². The number of rotatable bonds is 3. The highest BCUT2D eigenvalue weighted by Crippen LogP contribution is 2.44. The lowest BCUT2D eigenvalue weighted by Gasteiger charge is -2.32. The van der Waals surface area contributed by atoms with E-state index >= 15 is 0 Å². The number of carbonyl (C=O) groups is 1. The monoisotopic (exact) mass is 363 g/mol. The highest BCUT2D eigenvalue weighted by atomic mass is 16.1. The summed E-state index contributed by atoms with van der Waals surface area (Å²) in [7, 11) is 0. The summed E-state index contributed by atoms with van der Waals surface area (Å²) in [6.07, 6.45) is 3.54. The average molecular weight is 363 g/mol. The Labute approximate surface area is 159 Å². The number of nitrogens with two attached hydrogens (primary N) is 1. The summed E-state index contributed by atoms with van der Waals surface area (Å²) in [6.45, 7) is 5.43. The van der Waals surface area contributed by atoms with Crippen LogP contribution in [0.5, 0.6) is 0 Å². The van der Waals surface area contributed by atoms with Crippen molar-refractivity contribution < 1.29 is 4.79 Å². The summed E-state index contributed by atoms with van der Waals surface area (Å²) in [5, 5.41) is 3.31. The van der Waals surface area contributed by atoms with Crippen LogP contribution in [0.1, 0.15) is 50.2 Å². The van der Waals surface area contributed by atoms with Gasteiger partial charge in [0, 0.05) is 35.8 Å². The first-order valence-corrected chi connectivity index (χ1v) is 9.52. The van der Waals surface area contributed by atoms with Crippen molar-refractivity contribution in [1.29, 1.82) is 0 Å². The largest absolute Gasteiger partial charge is 0.383 e. The van der Waals surface area contributed by atoms with Gasteiger partial charge >= 0.3 is 0 Å². The van der Waals surface area contributed by atoms with Crippen LogP contribution in [0.4, 0.5) is 17.6 Å². The molecule has 4 rings (SSSR count). The number of allylic oxidation sites excluding steroid dienone is 2. The Morgan fingerprint density at radius 3 is 2.52 bits per heavy atom. The van der Waals surface area contributed by atoms with Gasteiger partial charge < -0.3 is 16.0 Å². The summed E-state index contributed by atoms with van der Waals surface area (Å²) in [4.78, 5) is 24.1. The first kappa shape index (κ1) is 17.5. The molecule has 1 aromatic carbocycles. The van der Waals surface area contributed by atoms with Crippen molar-refractivity contribution in [2.24, 2.45) is 0 Å². The number of nitrogens with one attached hydrogen (secondary N) is 1. The highest BCUT2D eigenvalue weighted by Gasteiger charge is 2.34. The van der Waals surface area contributed by atoms with Crippen molar-refractivity contribution in [1.82, 2.24) is 9.97 Å². The first-order valence-electron chi connectivity index (χ1n) is 9.52. The number of nitrogen functional groups attached to an aromatic ring is 1. The number of aromatic nitrogens is 2. The van der Waals surface area contributed by atoms with E-state index in [0.29, 0.717) is 17.6 Å². The van der Waals surface area contributed by atoms with Crippen LogP contribution in [0.3, 0.4) is 0 Å². The van der Waals surface area contributed by atoms with E-state index in [2.05, 4.69) is 15.2 Å². The van der Waals surface area contributed by atoms with Crippen molar-refractivity contribution in [3.63, 3.8) is 0 Å². The molecule has 1 atom stereocenters. The molecule has 2 aliphatic heterocycles. The molecule has 27 heavy (non-hydrogen) atoms. The van der Waals surface area contributed by atoms with E-state index in [0.717, 1.165) is 48.3 Å². The SMILES string of the molecule is CC(=O)C1=C(C)Nc2nc(N3CCCCC3)nc(N)c2C1c1ccccc1. The molecule has 0 bridgehead atoms. The third-order valence-corrected chi connectivity index (χ3v) is 5.40. The molecule has 2 aliphatic rings. The molecule has 0 amide bonds. The fourth-order valence-electron chi connectivity index (χ4n) is 4.14. The third-order valence-electron chi connectivity index (χ3n) is 5.40. The molecule has 0 radical (unpaired) electrons. The van der Waals surface area contributed by atoms with Gasteiger partial charge in [-0.25, -0.2) is 0 Å². The Morgan fingerprint density at radius 2 is 1.85 bits per heavy atom. The van der Waals surface area contributed by atoms with Gasteiger partial charge in [-0.15, -0.1) is 0 Å². The summed E-state index contributed by atoms with van der Waals surface area (Å²) in [5.74, 6) is 1.59. The van der Waals surface area contributed by atoms with Crippen molar-refractivity contribution >= 4 is 23.4 Å². The lowest BCUT2D eigenvalue weighted by molar-refractivity contribution is -0.113. The van der Waals surface area contributed by atoms with Gasteiger partial charge in [-0.05, 0) is 38.7 Å². The van der Waals surface area contributed by atoms with E-state index < -0.39 is 0 Å². The molecule has 2 aromatic rings. The number of nitrogens with zero attached hydrogens (tertiary/aromatic N) is 3. The molecular weight excluding hydrogens is 338 g/mol. The number of ketones is 1. The Morgan fingerprint density at radius 1 is 1.15 bits per heavy atom. The number of hydrogen-bond acceptors (Lipinski definition) is 6. The Kier molecular flexibility index (Phi) is 4.56. The predicted octanol–water partition coefficient (Wildman–Crippen LogP) is 3.47. The molecule has 0 spiro atoms. The normalized spacial score (nSPS) is 19.5. The lowest BCUT2D eigenvalue weighted by atomic mass is 9.80. The standard InChI is InChI=1S/C21H25N5O/c1-13-16(14(2)27)17(15-9-5-3-6-10-15)18-19(22)24-21(25-20(18)23-13)26-11-7-4-8-12-26/h3,5-6,9-10,17H,4,7-8,11-12H2,1-2H3,(H3,22,23,24,25). The van der Waals surface area contributed by atoms with Crippen LogP contribution in [0.25, 0.3) is 0 Å². The van der Waals surface area contributed by atoms with E-state index in [9.17, 15) is 4.79 Å². The zero-order valence-corrected chi connectivity index (χ0v) is 15.8. The maximum atomic E-state index is 12.4. The molecule has 1 unspecified atom stereocenters. The van der Waals surface area contributed by atoms with Crippen molar-refractivity contribution in [2.45, 2.75) is 39.0 Å². The minimum Gasteiger partial charge on any atom is -0.383 e. The number of carbonyl (C=O) groups excluding carboxylic acids is 1. The number of piperidine rings is 1. The average Bonchev–Trinajstić information content (AvgIpc) is 2.67. The highest BCUT2D eigenvalue weighted by molar-refractivity contribution is 5.98. The van der Waals surface area contributed by atoms with E-state index in [1.54, 1.807) is 6.92 Å². The van der Waals surface area contributed by atoms with Gasteiger partial charge in [-0.3, -0.25) is 4.79 Å². The second kappa shape index (κ2) is 7.02. The van der Waals surface area contributed by atoms with E-state index in [4.69, 9.17) is 10.7 Å². The van der Waals surface area contributed by atoms with E-state index in [-0.39, 0.29) is 11.7 Å². The zero-order chi connectivity index (χ0) is 19.0. The molecular formula is C21H25N5O. The summed E-state index contributed by atoms with van der Waals surface area (Å²) in [6, 6.07) is 9.96. The molecule has 0 aliphatic carbocycles. The third kappa shape index (κ3) is 3.16. The topological polar surface area (TPSA) is 84.1 Å². The fourth-order valence-corrected chi connectivity index (χ4v) is 4.14. The Bertz CT molecular complexity index is 900. The van der Waals surface area contributed by atoms with Gasteiger partial charge in [0.25, 0.3) is 0 Å². The van der Waals surface area contributed by atoms with Crippen molar-refractivity contribution in [3.8, 4) is 0 Å². The van der Waals surface area contributed by atoms with E-state index in [1.165, 1.54) is 6.42 Å². The minimum absolute atomic E-state index is 0.0269. The number of hydrogen-bond donors (Lipinski definition) is 2. The van der Waals surface area contributed by atoms with Gasteiger partial charge in [0.05, 0.1) is 0 Å². The molecule has 3 N–H and O–H groups in total. The van der Waals surface area contributed by atoms with Crippen LogP contribution in [0, 0.1) is 0 Å².